The minimum atomic E-state index is -0.246. The Morgan fingerprint density at radius 1 is 0.308 bits per heavy atom. The number of anilines is 6. The molecule has 0 fully saturated rings. The summed E-state index contributed by atoms with van der Waals surface area (Å²) in [4.78, 5) is 8.28. The molecule has 0 radical (unpaired) electrons. The molecule has 0 saturated carbocycles. The Balaban J connectivity index is 0.656. The minimum Gasteiger partial charge on any atom is -0.311 e. The molecular formula is C87H66N4. The van der Waals surface area contributed by atoms with Crippen LogP contribution in [-0.2, 0) is 16.2 Å². The summed E-state index contributed by atoms with van der Waals surface area (Å²) in [5.74, 6) is 0. The van der Waals surface area contributed by atoms with Crippen LogP contribution < -0.4 is 9.80 Å². The van der Waals surface area contributed by atoms with Gasteiger partial charge in [-0.3, -0.25) is 0 Å². The van der Waals surface area contributed by atoms with Gasteiger partial charge in [-0.1, -0.05) is 248 Å². The number of rotatable bonds is 12. The van der Waals surface area contributed by atoms with Crippen LogP contribution in [0, 0.1) is 17.9 Å². The first kappa shape index (κ1) is 56.2. The van der Waals surface area contributed by atoms with Crippen molar-refractivity contribution in [2.45, 2.75) is 57.8 Å². The Bertz CT molecular complexity index is 4680. The number of fused-ring (bicyclic) bond motifs is 9. The number of nitrogens with zero attached hydrogens (tertiary/aromatic N) is 4. The fraction of sp³-hybridized carbons (Fsp3) is 0.103. The van der Waals surface area contributed by atoms with Crippen LogP contribution in [0.25, 0.3) is 84.8 Å². The molecule has 12 aromatic rings. The zero-order valence-corrected chi connectivity index (χ0v) is 52.0. The molecule has 3 aliphatic carbocycles. The van der Waals surface area contributed by atoms with E-state index in [4.69, 9.17) is 6.57 Å². The average molecular weight is 1170 g/mol. The van der Waals surface area contributed by atoms with Crippen molar-refractivity contribution in [2.24, 2.45) is 0 Å². The molecule has 4 nitrogen and oxygen atoms in total. The van der Waals surface area contributed by atoms with Crippen molar-refractivity contribution in [2.75, 3.05) is 9.80 Å². The van der Waals surface area contributed by atoms with Crippen LogP contribution >= 0.6 is 0 Å². The van der Waals surface area contributed by atoms with Gasteiger partial charge in [0.05, 0.1) is 18.2 Å². The van der Waals surface area contributed by atoms with E-state index < -0.39 is 0 Å². The van der Waals surface area contributed by atoms with Gasteiger partial charge in [-0.2, -0.15) is 5.26 Å². The summed E-state index contributed by atoms with van der Waals surface area (Å²) in [5, 5.41) is 9.66. The summed E-state index contributed by atoms with van der Waals surface area (Å²) < 4.78 is 0. The monoisotopic (exact) mass is 1170 g/mol. The highest BCUT2D eigenvalue weighted by Gasteiger charge is 2.39. The second-order valence-corrected chi connectivity index (χ2v) is 26.0. The van der Waals surface area contributed by atoms with E-state index in [9.17, 15) is 5.26 Å². The van der Waals surface area contributed by atoms with E-state index in [1.807, 2.05) is 54.6 Å². The van der Waals surface area contributed by atoms with Gasteiger partial charge in [0.2, 0.25) is 0 Å². The molecule has 0 atom stereocenters. The molecule has 0 saturated heterocycles. The molecule has 0 bridgehead atoms. The van der Waals surface area contributed by atoms with E-state index in [0.717, 1.165) is 34.1 Å². The molecule has 3 aliphatic rings. The highest BCUT2D eigenvalue weighted by atomic mass is 15.1. The van der Waals surface area contributed by atoms with E-state index in [1.165, 1.54) is 111 Å². The summed E-state index contributed by atoms with van der Waals surface area (Å²) in [6.07, 6.45) is 9.09. The highest BCUT2D eigenvalue weighted by Crippen LogP contribution is 2.54. The maximum atomic E-state index is 9.66. The molecule has 0 amide bonds. The lowest BCUT2D eigenvalue weighted by Gasteiger charge is -2.28. The van der Waals surface area contributed by atoms with Crippen LogP contribution in [-0.4, -0.2) is 0 Å². The third-order valence-electron chi connectivity index (χ3n) is 19.5. The molecule has 0 heterocycles. The lowest BCUT2D eigenvalue weighted by atomic mass is 9.81. The van der Waals surface area contributed by atoms with E-state index >= 15 is 0 Å². The quantitative estimate of drug-likeness (QED) is 0.0903. The van der Waals surface area contributed by atoms with Gasteiger partial charge in [-0.25, -0.2) is 4.85 Å². The molecule has 0 aliphatic heterocycles. The predicted octanol–water partition coefficient (Wildman–Crippen LogP) is 23.6. The highest BCUT2D eigenvalue weighted by molar-refractivity contribution is 5.91. The van der Waals surface area contributed by atoms with Crippen LogP contribution in [0.15, 0.2) is 267 Å². The van der Waals surface area contributed by atoms with Gasteiger partial charge in [-0.15, -0.1) is 0 Å². The van der Waals surface area contributed by atoms with Crippen LogP contribution in [0.1, 0.15) is 103 Å². The predicted molar refractivity (Wildman–Crippen MR) is 381 cm³/mol. The normalized spacial score (nSPS) is 14.0. The number of hydrogen-bond acceptors (Lipinski definition) is 3. The molecule has 0 spiro atoms. The van der Waals surface area contributed by atoms with E-state index in [2.05, 4.69) is 299 Å². The molecular weight excluding hydrogens is 1100 g/mol. The van der Waals surface area contributed by atoms with Gasteiger partial charge >= 0.3 is 0 Å². The zero-order chi connectivity index (χ0) is 62.2. The maximum Gasteiger partial charge on any atom is 0.187 e. The second-order valence-electron chi connectivity index (χ2n) is 26.0. The largest absolute Gasteiger partial charge is 0.311 e. The molecule has 91 heavy (non-hydrogen) atoms. The van der Waals surface area contributed by atoms with Crippen LogP contribution in [0.3, 0.4) is 0 Å². The Labute approximate surface area is 535 Å². The molecule has 12 aromatic carbocycles. The molecule has 434 valence electrons. The van der Waals surface area contributed by atoms with E-state index in [0.29, 0.717) is 11.3 Å². The number of nitriles is 1. The van der Waals surface area contributed by atoms with E-state index in [-0.39, 0.29) is 16.2 Å². The summed E-state index contributed by atoms with van der Waals surface area (Å²) in [7, 11) is 0. The molecule has 0 unspecified atom stereocenters. The first-order chi connectivity index (χ1) is 44.2. The summed E-state index contributed by atoms with van der Waals surface area (Å²) >= 11 is 0. The molecule has 4 heteroatoms. The Morgan fingerprint density at radius 2 is 0.571 bits per heavy atom. The van der Waals surface area contributed by atoms with Crippen molar-refractivity contribution in [3.05, 3.63) is 340 Å². The first-order valence-electron chi connectivity index (χ1n) is 31.4. The lowest BCUT2D eigenvalue weighted by molar-refractivity contribution is 0.660. The van der Waals surface area contributed by atoms with Crippen LogP contribution in [0.4, 0.5) is 39.8 Å². The summed E-state index contributed by atoms with van der Waals surface area (Å²) in [6.45, 7) is 21.8. The van der Waals surface area contributed by atoms with Crippen molar-refractivity contribution in [3.8, 4) is 61.7 Å². The fourth-order valence-electron chi connectivity index (χ4n) is 14.5. The van der Waals surface area contributed by atoms with Crippen molar-refractivity contribution in [1.29, 1.82) is 5.26 Å². The van der Waals surface area contributed by atoms with Crippen LogP contribution in [0.2, 0.25) is 0 Å². The smallest absolute Gasteiger partial charge is 0.187 e. The van der Waals surface area contributed by atoms with Crippen molar-refractivity contribution >= 4 is 64.1 Å². The molecule has 0 aromatic heterocycles. The molecule has 0 N–H and O–H groups in total. The Hall–Kier alpha value is -11.3. The number of hydrogen-bond donors (Lipinski definition) is 0. The first-order valence-corrected chi connectivity index (χ1v) is 31.4. The second kappa shape index (κ2) is 22.1. The minimum absolute atomic E-state index is 0.188. The van der Waals surface area contributed by atoms with Crippen molar-refractivity contribution in [1.82, 2.24) is 0 Å². The van der Waals surface area contributed by atoms with Gasteiger partial charge in [0.15, 0.2) is 5.69 Å². The summed E-state index contributed by atoms with van der Waals surface area (Å²) in [6, 6.07) is 98.3. The van der Waals surface area contributed by atoms with Gasteiger partial charge in [0, 0.05) is 50.4 Å². The standard InChI is InChI=1S/C87H66N4/c1-85(2)79-50-57(18-20-59-26-46-75-77-48-42-71(54-83(77)86(3,4)81(75)52-59)90(67-34-22-61(56-88)23-35-67)68-36-28-64(29-37-68)62-14-10-8-11-15-62)24-44-73(79)74-45-25-58(51-80(74)85)19-21-60-27-47-76-78-49-43-72(55-84(78)87(5,6)82(76)53-60)91(70-40-32-66(89-7)33-41-70)69-38-30-65(31-39-69)63-16-12-9-13-17-63/h8-55H,1-6H3/b20-18+,21-19+. The summed E-state index contributed by atoms with van der Waals surface area (Å²) in [5.41, 5.74) is 31.9. The van der Waals surface area contributed by atoms with Gasteiger partial charge < -0.3 is 9.80 Å². The molecule has 15 rings (SSSR count). The van der Waals surface area contributed by atoms with Gasteiger partial charge in [-0.05, 0) is 196 Å². The average Bonchev–Trinajstić information content (AvgIpc) is 1.61. The van der Waals surface area contributed by atoms with Crippen molar-refractivity contribution < 1.29 is 0 Å². The number of benzene rings is 12. The third-order valence-corrected chi connectivity index (χ3v) is 19.5. The topological polar surface area (TPSA) is 34.6 Å². The van der Waals surface area contributed by atoms with Crippen LogP contribution in [0.5, 0.6) is 0 Å². The zero-order valence-electron chi connectivity index (χ0n) is 52.0. The third kappa shape index (κ3) is 9.86. The maximum absolute atomic E-state index is 9.66. The fourth-order valence-corrected chi connectivity index (χ4v) is 14.5. The Kier molecular flexibility index (Phi) is 13.6. The van der Waals surface area contributed by atoms with Crippen molar-refractivity contribution in [3.63, 3.8) is 0 Å². The lowest BCUT2D eigenvalue weighted by Crippen LogP contribution is -2.16. The Morgan fingerprint density at radius 3 is 0.879 bits per heavy atom. The van der Waals surface area contributed by atoms with Gasteiger partial charge in [0.25, 0.3) is 0 Å². The SMILES string of the molecule is [C-]#[N+]c1ccc(N(c2ccc(-c3ccccc3)cc2)c2ccc3c(c2)C(C)(C)c2cc(/C=C/c4ccc5c(c4)C(C)(C)c4cc(/C=C/c6ccc7c(c6)C(C)(C)c6cc(N(c8ccc(C#N)cc8)c8ccc(-c9ccccc9)cc8)ccc6-7)ccc4-5)ccc2-3)cc1. The van der Waals surface area contributed by atoms with Gasteiger partial charge in [0.1, 0.15) is 0 Å². The van der Waals surface area contributed by atoms with E-state index in [1.54, 1.807) is 0 Å².